The van der Waals surface area contributed by atoms with Gasteiger partial charge >= 0.3 is 0 Å². The summed E-state index contributed by atoms with van der Waals surface area (Å²) in [5, 5.41) is 1.49. The van der Waals surface area contributed by atoms with Gasteiger partial charge in [-0.2, -0.15) is 0 Å². The fourth-order valence-corrected chi connectivity index (χ4v) is 3.29. The smallest absolute Gasteiger partial charge is 0.159 e. The zero-order chi connectivity index (χ0) is 16.7. The highest BCUT2D eigenvalue weighted by Gasteiger charge is 2.21. The SMILES string of the molecule is COc1c(Cl)cc(-c2nc3cc(Cl)c(Cl)cc3[nH]2)c(OC)c1Cl. The van der Waals surface area contributed by atoms with Gasteiger partial charge in [-0.3, -0.25) is 0 Å². The minimum absolute atomic E-state index is 0.272. The monoisotopic (exact) mass is 390 g/mol. The first kappa shape index (κ1) is 16.5. The molecule has 1 aromatic heterocycles. The summed E-state index contributed by atoms with van der Waals surface area (Å²) in [7, 11) is 2.99. The summed E-state index contributed by atoms with van der Waals surface area (Å²) < 4.78 is 10.6. The standard InChI is InChI=1S/C15H10Cl4N2O2/c1-22-13-6(3-9(18)14(23-2)12(13)19)15-20-10-4-7(16)8(17)5-11(10)21-15/h3-5H,1-2H3,(H,20,21). The zero-order valence-electron chi connectivity index (χ0n) is 12.0. The molecule has 3 aromatic rings. The van der Waals surface area contributed by atoms with Crippen molar-refractivity contribution in [3.8, 4) is 22.9 Å². The molecule has 0 aliphatic carbocycles. The van der Waals surface area contributed by atoms with Crippen LogP contribution in [0.1, 0.15) is 0 Å². The average molecular weight is 392 g/mol. The fraction of sp³-hybridized carbons (Fsp3) is 0.133. The molecule has 0 spiro atoms. The second-order valence-corrected chi connectivity index (χ2v) is 6.25. The lowest BCUT2D eigenvalue weighted by Gasteiger charge is -2.13. The van der Waals surface area contributed by atoms with Crippen molar-refractivity contribution in [2.24, 2.45) is 0 Å². The van der Waals surface area contributed by atoms with Crippen LogP contribution >= 0.6 is 46.4 Å². The Hall–Kier alpha value is -1.33. The minimum atomic E-state index is 0.272. The number of methoxy groups -OCH3 is 2. The van der Waals surface area contributed by atoms with Crippen LogP contribution in [0.3, 0.4) is 0 Å². The Morgan fingerprint density at radius 2 is 1.52 bits per heavy atom. The molecule has 3 rings (SSSR count). The van der Waals surface area contributed by atoms with Gasteiger partial charge in [0.2, 0.25) is 0 Å². The topological polar surface area (TPSA) is 47.1 Å². The third-order valence-electron chi connectivity index (χ3n) is 3.32. The normalized spacial score (nSPS) is 11.0. The molecule has 0 atom stereocenters. The summed E-state index contributed by atoms with van der Waals surface area (Å²) in [6, 6.07) is 5.05. The Balaban J connectivity index is 2.26. The van der Waals surface area contributed by atoms with Gasteiger partial charge < -0.3 is 14.5 Å². The molecule has 8 heteroatoms. The lowest BCUT2D eigenvalue weighted by atomic mass is 10.1. The highest BCUT2D eigenvalue weighted by molar-refractivity contribution is 6.42. The molecule has 120 valence electrons. The molecule has 0 bridgehead atoms. The molecule has 23 heavy (non-hydrogen) atoms. The van der Waals surface area contributed by atoms with Crippen LogP contribution in [0, 0.1) is 0 Å². The molecular weight excluding hydrogens is 382 g/mol. The largest absolute Gasteiger partial charge is 0.494 e. The number of fused-ring (bicyclic) bond motifs is 1. The van der Waals surface area contributed by atoms with Crippen LogP contribution in [0.25, 0.3) is 22.4 Å². The second-order valence-electron chi connectivity index (χ2n) is 4.66. The fourth-order valence-electron chi connectivity index (χ4n) is 2.28. The molecule has 0 saturated heterocycles. The minimum Gasteiger partial charge on any atom is -0.494 e. The number of H-pyrrole nitrogens is 1. The lowest BCUT2D eigenvalue weighted by molar-refractivity contribution is 0.396. The molecule has 1 heterocycles. The van der Waals surface area contributed by atoms with E-state index in [-0.39, 0.29) is 5.02 Å². The van der Waals surface area contributed by atoms with Crippen molar-refractivity contribution in [3.05, 3.63) is 38.3 Å². The van der Waals surface area contributed by atoms with Crippen LogP contribution in [0.5, 0.6) is 11.5 Å². The maximum absolute atomic E-state index is 6.30. The van der Waals surface area contributed by atoms with Gasteiger partial charge in [-0.25, -0.2) is 4.98 Å². The van der Waals surface area contributed by atoms with Gasteiger partial charge in [0.05, 0.1) is 45.9 Å². The maximum atomic E-state index is 6.30. The first-order chi connectivity index (χ1) is 11.0. The summed E-state index contributed by atoms with van der Waals surface area (Å²) in [4.78, 5) is 7.65. The van der Waals surface area contributed by atoms with Crippen molar-refractivity contribution in [2.45, 2.75) is 0 Å². The van der Waals surface area contributed by atoms with Crippen molar-refractivity contribution < 1.29 is 9.47 Å². The van der Waals surface area contributed by atoms with Crippen molar-refractivity contribution in [1.82, 2.24) is 9.97 Å². The first-order valence-electron chi connectivity index (χ1n) is 6.41. The van der Waals surface area contributed by atoms with Crippen molar-refractivity contribution in [2.75, 3.05) is 14.2 Å². The summed E-state index contributed by atoms with van der Waals surface area (Å²) in [5.41, 5.74) is 2.01. The Labute approximate surface area is 152 Å². The van der Waals surface area contributed by atoms with Crippen LogP contribution in [0.4, 0.5) is 0 Å². The first-order valence-corrected chi connectivity index (χ1v) is 7.92. The van der Waals surface area contributed by atoms with Crippen LogP contribution in [0.15, 0.2) is 18.2 Å². The molecule has 0 saturated carbocycles. The molecular formula is C15H10Cl4N2O2. The Morgan fingerprint density at radius 3 is 2.17 bits per heavy atom. The molecule has 0 amide bonds. The lowest BCUT2D eigenvalue weighted by Crippen LogP contribution is -1.94. The average Bonchev–Trinajstić information content (AvgIpc) is 2.90. The maximum Gasteiger partial charge on any atom is 0.159 e. The van der Waals surface area contributed by atoms with E-state index >= 15 is 0 Å². The van der Waals surface area contributed by atoms with Gasteiger partial charge in [0.15, 0.2) is 11.5 Å². The molecule has 1 N–H and O–H groups in total. The third kappa shape index (κ3) is 2.81. The van der Waals surface area contributed by atoms with E-state index in [0.717, 1.165) is 5.52 Å². The second kappa shape index (κ2) is 6.29. The molecule has 0 unspecified atom stereocenters. The van der Waals surface area contributed by atoms with Crippen LogP contribution in [0.2, 0.25) is 20.1 Å². The van der Waals surface area contributed by atoms with Gasteiger partial charge in [0.1, 0.15) is 10.8 Å². The Bertz CT molecular complexity index is 869. The highest BCUT2D eigenvalue weighted by atomic mass is 35.5. The predicted octanol–water partition coefficient (Wildman–Crippen LogP) is 5.86. The van der Waals surface area contributed by atoms with E-state index in [1.807, 2.05) is 0 Å². The van der Waals surface area contributed by atoms with Crippen LogP contribution in [-0.2, 0) is 0 Å². The number of benzene rings is 2. The number of hydrogen-bond acceptors (Lipinski definition) is 3. The molecule has 2 aromatic carbocycles. The molecule has 0 fully saturated rings. The van der Waals surface area contributed by atoms with Crippen molar-refractivity contribution >= 4 is 57.4 Å². The predicted molar refractivity (Wildman–Crippen MR) is 94.7 cm³/mol. The number of halogens is 4. The van der Waals surface area contributed by atoms with E-state index < -0.39 is 0 Å². The van der Waals surface area contributed by atoms with Gasteiger partial charge in [-0.15, -0.1) is 0 Å². The molecule has 0 aliphatic rings. The van der Waals surface area contributed by atoms with Crippen LogP contribution in [-0.4, -0.2) is 24.2 Å². The number of nitrogens with one attached hydrogen (secondary N) is 1. The summed E-state index contributed by atoms with van der Waals surface area (Å²) in [5.74, 6) is 1.28. The van der Waals surface area contributed by atoms with Gasteiger partial charge in [-0.1, -0.05) is 46.4 Å². The molecule has 4 nitrogen and oxygen atoms in total. The van der Waals surface area contributed by atoms with Gasteiger partial charge in [-0.05, 0) is 18.2 Å². The molecule has 0 aliphatic heterocycles. The number of ether oxygens (including phenoxy) is 2. The summed E-state index contributed by atoms with van der Waals surface area (Å²) >= 11 is 24.6. The number of imidazole rings is 1. The summed E-state index contributed by atoms with van der Waals surface area (Å²) in [6.07, 6.45) is 0. The van der Waals surface area contributed by atoms with Gasteiger partial charge in [0.25, 0.3) is 0 Å². The quantitative estimate of drug-likeness (QED) is 0.608. The van der Waals surface area contributed by atoms with E-state index in [1.54, 1.807) is 18.2 Å². The third-order valence-corrected chi connectivity index (χ3v) is 4.66. The van der Waals surface area contributed by atoms with E-state index in [2.05, 4.69) is 9.97 Å². The number of nitrogens with zero attached hydrogens (tertiary/aromatic N) is 1. The highest BCUT2D eigenvalue weighted by Crippen LogP contribution is 2.46. The van der Waals surface area contributed by atoms with E-state index in [1.165, 1.54) is 14.2 Å². The van der Waals surface area contributed by atoms with E-state index in [9.17, 15) is 0 Å². The summed E-state index contributed by atoms with van der Waals surface area (Å²) in [6.45, 7) is 0. The zero-order valence-corrected chi connectivity index (χ0v) is 15.0. The number of aromatic amines is 1. The van der Waals surface area contributed by atoms with E-state index in [4.69, 9.17) is 55.9 Å². The Morgan fingerprint density at radius 1 is 0.870 bits per heavy atom. The number of rotatable bonds is 3. The number of hydrogen-bond donors (Lipinski definition) is 1. The van der Waals surface area contributed by atoms with Gasteiger partial charge in [0, 0.05) is 0 Å². The Kier molecular flexibility index (Phi) is 4.52. The van der Waals surface area contributed by atoms with Crippen molar-refractivity contribution in [1.29, 1.82) is 0 Å². The van der Waals surface area contributed by atoms with Crippen LogP contribution < -0.4 is 9.47 Å². The van der Waals surface area contributed by atoms with E-state index in [0.29, 0.717) is 43.5 Å². The molecule has 0 radical (unpaired) electrons. The number of aromatic nitrogens is 2. The van der Waals surface area contributed by atoms with Crippen molar-refractivity contribution in [3.63, 3.8) is 0 Å².